The van der Waals surface area contributed by atoms with Crippen LogP contribution in [-0.2, 0) is 4.79 Å². The Bertz CT molecular complexity index is 656. The van der Waals surface area contributed by atoms with E-state index in [1.165, 1.54) is 12.1 Å². The Morgan fingerprint density at radius 1 is 1.38 bits per heavy atom. The minimum Gasteiger partial charge on any atom is -0.351 e. The molecule has 0 saturated heterocycles. The zero-order valence-electron chi connectivity index (χ0n) is 11.1. The highest BCUT2D eigenvalue weighted by Gasteiger charge is 2.17. The molecule has 0 spiro atoms. The normalized spacial score (nSPS) is 11.9. The second-order valence-corrected chi connectivity index (χ2v) is 5.55. The van der Waals surface area contributed by atoms with Gasteiger partial charge >= 0.3 is 6.03 Å². The Balaban J connectivity index is 2.04. The fraction of sp³-hybridized carbons (Fsp3) is 0.154. The number of nitrogens with two attached hydrogens (primary N) is 1. The van der Waals surface area contributed by atoms with Crippen molar-refractivity contribution in [2.45, 2.75) is 17.3 Å². The molecular formula is C13H13FN4O2S. The van der Waals surface area contributed by atoms with Crippen LogP contribution in [0.2, 0.25) is 0 Å². The Morgan fingerprint density at radius 3 is 2.67 bits per heavy atom. The lowest BCUT2D eigenvalue weighted by Crippen LogP contribution is -2.39. The summed E-state index contributed by atoms with van der Waals surface area (Å²) in [6.45, 7) is 1.63. The summed E-state index contributed by atoms with van der Waals surface area (Å²) in [6, 6.07) is 5.07. The van der Waals surface area contributed by atoms with Gasteiger partial charge in [0, 0.05) is 0 Å². The van der Waals surface area contributed by atoms with Crippen LogP contribution in [0.25, 0.3) is 11.3 Å². The maximum atomic E-state index is 12.9. The molecule has 3 amide bonds. The molecule has 1 unspecified atom stereocenters. The van der Waals surface area contributed by atoms with E-state index in [4.69, 9.17) is 5.73 Å². The number of halogens is 1. The van der Waals surface area contributed by atoms with Gasteiger partial charge in [0.1, 0.15) is 5.82 Å². The number of nitrogens with zero attached hydrogens (tertiary/aromatic N) is 1. The van der Waals surface area contributed by atoms with Gasteiger partial charge in [-0.3, -0.25) is 10.1 Å². The van der Waals surface area contributed by atoms with Gasteiger partial charge in [-0.05, 0) is 36.8 Å². The number of rotatable bonds is 4. The lowest BCUT2D eigenvalue weighted by Gasteiger charge is -2.07. The van der Waals surface area contributed by atoms with Crippen molar-refractivity contribution >= 4 is 23.7 Å². The van der Waals surface area contributed by atoms with Crippen LogP contribution in [0.5, 0.6) is 0 Å². The van der Waals surface area contributed by atoms with Gasteiger partial charge in [-0.1, -0.05) is 11.8 Å². The number of aromatic amines is 1. The Hall–Kier alpha value is -2.35. The quantitative estimate of drug-likeness (QED) is 0.751. The number of imide groups is 1. The summed E-state index contributed by atoms with van der Waals surface area (Å²) in [4.78, 5) is 29.3. The van der Waals surface area contributed by atoms with Crippen LogP contribution in [0.4, 0.5) is 9.18 Å². The topological polar surface area (TPSA) is 101 Å². The monoisotopic (exact) mass is 308 g/mol. The summed E-state index contributed by atoms with van der Waals surface area (Å²) in [5.74, 6) is -0.808. The molecule has 2 rings (SSSR count). The first-order chi connectivity index (χ1) is 9.95. The van der Waals surface area contributed by atoms with Crippen molar-refractivity contribution in [3.05, 3.63) is 36.3 Å². The van der Waals surface area contributed by atoms with Crippen molar-refractivity contribution in [3.8, 4) is 11.3 Å². The predicted molar refractivity (Wildman–Crippen MR) is 77.0 cm³/mol. The molecule has 4 N–H and O–H groups in total. The lowest BCUT2D eigenvalue weighted by molar-refractivity contribution is -0.119. The first-order valence-electron chi connectivity index (χ1n) is 6.03. The summed E-state index contributed by atoms with van der Waals surface area (Å²) >= 11 is 1.15. The molecule has 1 atom stereocenters. The van der Waals surface area contributed by atoms with Crippen LogP contribution in [0.3, 0.4) is 0 Å². The fourth-order valence-electron chi connectivity index (χ4n) is 1.58. The molecule has 0 bridgehead atoms. The second kappa shape index (κ2) is 6.40. The van der Waals surface area contributed by atoms with Gasteiger partial charge in [-0.15, -0.1) is 0 Å². The van der Waals surface area contributed by atoms with E-state index in [-0.39, 0.29) is 5.82 Å². The number of primary amides is 1. The third kappa shape index (κ3) is 4.06. The molecule has 8 heteroatoms. The molecule has 0 saturated carbocycles. The fourth-order valence-corrected chi connectivity index (χ4v) is 2.37. The van der Waals surface area contributed by atoms with E-state index in [9.17, 15) is 14.0 Å². The Labute approximate surface area is 124 Å². The van der Waals surface area contributed by atoms with Crippen LogP contribution in [0.15, 0.2) is 35.6 Å². The maximum absolute atomic E-state index is 12.9. The summed E-state index contributed by atoms with van der Waals surface area (Å²) < 4.78 is 12.9. The average molecular weight is 308 g/mol. The van der Waals surface area contributed by atoms with E-state index in [1.54, 1.807) is 25.3 Å². The zero-order valence-corrected chi connectivity index (χ0v) is 11.9. The van der Waals surface area contributed by atoms with E-state index in [1.807, 2.05) is 5.32 Å². The number of hydrogen-bond acceptors (Lipinski definition) is 4. The van der Waals surface area contributed by atoms with Gasteiger partial charge in [-0.2, -0.15) is 0 Å². The third-order valence-electron chi connectivity index (χ3n) is 2.61. The number of thioether (sulfide) groups is 1. The predicted octanol–water partition coefficient (Wildman–Crippen LogP) is 1.89. The smallest absolute Gasteiger partial charge is 0.318 e. The lowest BCUT2D eigenvalue weighted by atomic mass is 10.2. The van der Waals surface area contributed by atoms with E-state index in [2.05, 4.69) is 9.97 Å². The third-order valence-corrected chi connectivity index (χ3v) is 3.61. The number of benzene rings is 1. The van der Waals surface area contributed by atoms with E-state index in [0.29, 0.717) is 10.9 Å². The molecule has 1 aromatic heterocycles. The average Bonchev–Trinajstić information content (AvgIpc) is 2.87. The summed E-state index contributed by atoms with van der Waals surface area (Å²) in [5, 5.41) is 1.98. The summed E-state index contributed by atoms with van der Waals surface area (Å²) in [5.41, 5.74) is 6.37. The van der Waals surface area contributed by atoms with Gasteiger partial charge in [0.2, 0.25) is 5.91 Å². The maximum Gasteiger partial charge on any atom is 0.318 e. The largest absolute Gasteiger partial charge is 0.351 e. The Kier molecular flexibility index (Phi) is 4.59. The number of aromatic nitrogens is 2. The van der Waals surface area contributed by atoms with Gasteiger partial charge < -0.3 is 10.7 Å². The van der Waals surface area contributed by atoms with Crippen LogP contribution in [0.1, 0.15) is 6.92 Å². The first kappa shape index (κ1) is 15.0. The number of H-pyrrole nitrogens is 1. The molecule has 2 aromatic rings. The first-order valence-corrected chi connectivity index (χ1v) is 6.91. The van der Waals surface area contributed by atoms with Crippen molar-refractivity contribution in [2.24, 2.45) is 5.73 Å². The van der Waals surface area contributed by atoms with Crippen molar-refractivity contribution in [3.63, 3.8) is 0 Å². The van der Waals surface area contributed by atoms with E-state index >= 15 is 0 Å². The molecule has 110 valence electrons. The number of carbonyl (C=O) groups excluding carboxylic acids is 2. The van der Waals surface area contributed by atoms with E-state index < -0.39 is 17.2 Å². The molecule has 0 radical (unpaired) electrons. The SMILES string of the molecule is CC(Sc1ncc(-c2ccc(F)cc2)[nH]1)C(=O)NC(N)=O. The molecule has 0 aliphatic carbocycles. The number of urea groups is 1. The highest BCUT2D eigenvalue weighted by atomic mass is 32.2. The van der Waals surface area contributed by atoms with Gasteiger partial charge in [0.25, 0.3) is 0 Å². The number of carbonyl (C=O) groups is 2. The number of imidazole rings is 1. The van der Waals surface area contributed by atoms with Crippen molar-refractivity contribution in [1.29, 1.82) is 0 Å². The Morgan fingerprint density at radius 2 is 2.05 bits per heavy atom. The summed E-state index contributed by atoms with van der Waals surface area (Å²) in [6.07, 6.45) is 1.59. The van der Waals surface area contributed by atoms with Gasteiger partial charge in [0.15, 0.2) is 5.16 Å². The molecule has 0 aliphatic rings. The molecule has 6 nitrogen and oxygen atoms in total. The standard InChI is InChI=1S/C13H13FN4O2S/c1-7(11(19)18-12(15)20)21-13-16-6-10(17-13)8-2-4-9(14)5-3-8/h2-7H,1H3,(H,16,17)(H3,15,18,19,20). The number of nitrogens with one attached hydrogen (secondary N) is 2. The minimum atomic E-state index is -0.890. The zero-order chi connectivity index (χ0) is 15.4. The molecule has 0 fully saturated rings. The van der Waals surface area contributed by atoms with Crippen LogP contribution in [-0.4, -0.2) is 27.2 Å². The van der Waals surface area contributed by atoms with Crippen molar-refractivity contribution in [1.82, 2.24) is 15.3 Å². The highest BCUT2D eigenvalue weighted by molar-refractivity contribution is 8.00. The van der Waals surface area contributed by atoms with Gasteiger partial charge in [-0.25, -0.2) is 14.2 Å². The van der Waals surface area contributed by atoms with Crippen molar-refractivity contribution < 1.29 is 14.0 Å². The number of hydrogen-bond donors (Lipinski definition) is 3. The van der Waals surface area contributed by atoms with Crippen LogP contribution < -0.4 is 11.1 Å². The summed E-state index contributed by atoms with van der Waals surface area (Å²) in [7, 11) is 0. The molecular weight excluding hydrogens is 295 g/mol. The van der Waals surface area contributed by atoms with E-state index in [0.717, 1.165) is 17.3 Å². The molecule has 0 aliphatic heterocycles. The molecule has 1 heterocycles. The van der Waals surface area contributed by atoms with Crippen molar-refractivity contribution in [2.75, 3.05) is 0 Å². The molecule has 21 heavy (non-hydrogen) atoms. The number of amides is 3. The second-order valence-electron chi connectivity index (χ2n) is 4.22. The minimum absolute atomic E-state index is 0.315. The molecule has 1 aromatic carbocycles. The van der Waals surface area contributed by atoms with Crippen LogP contribution in [0, 0.1) is 5.82 Å². The van der Waals surface area contributed by atoms with Gasteiger partial charge in [0.05, 0.1) is 17.1 Å². The van der Waals surface area contributed by atoms with Crippen LogP contribution >= 0.6 is 11.8 Å². The highest BCUT2D eigenvalue weighted by Crippen LogP contribution is 2.24.